The van der Waals surface area contributed by atoms with Crippen LogP contribution in [0.2, 0.25) is 0 Å². The van der Waals surface area contributed by atoms with Crippen molar-refractivity contribution in [3.05, 3.63) is 39.9 Å². The van der Waals surface area contributed by atoms with Crippen LogP contribution >= 0.6 is 0 Å². The van der Waals surface area contributed by atoms with E-state index in [9.17, 15) is 14.9 Å². The molecule has 2 N–H and O–H groups in total. The number of benzene rings is 1. The number of aliphatic hydroxyl groups is 1. The van der Waals surface area contributed by atoms with E-state index in [0.29, 0.717) is 18.4 Å². The minimum atomic E-state index is -0.679. The number of aliphatic hydroxyl groups excluding tert-OH is 1. The lowest BCUT2D eigenvalue weighted by Gasteiger charge is -2.19. The third-order valence-corrected chi connectivity index (χ3v) is 3.67. The largest absolute Gasteiger partial charge is 0.453 e. The summed E-state index contributed by atoms with van der Waals surface area (Å²) in [6.45, 7) is 0.00416. The Morgan fingerprint density at radius 3 is 3.00 bits per heavy atom. The molecule has 0 heterocycles. The molecule has 108 valence electrons. The summed E-state index contributed by atoms with van der Waals surface area (Å²) in [5, 5.41) is 22.6. The number of rotatable bonds is 5. The molecule has 1 aliphatic rings. The van der Waals surface area contributed by atoms with Gasteiger partial charge in [0.05, 0.1) is 17.6 Å². The molecule has 7 heteroatoms. The first kappa shape index (κ1) is 14.3. The Balaban J connectivity index is 2.31. The predicted molar refractivity (Wildman–Crippen MR) is 70.1 cm³/mol. The molecule has 1 fully saturated rings. The number of nitrogens with one attached hydrogen (secondary N) is 1. The minimum Gasteiger partial charge on any atom is -0.453 e. The van der Waals surface area contributed by atoms with Crippen LogP contribution < -0.4 is 5.32 Å². The maximum absolute atomic E-state index is 11.5. The molecule has 1 aliphatic carbocycles. The quantitative estimate of drug-likeness (QED) is 0.629. The van der Waals surface area contributed by atoms with Crippen molar-refractivity contribution in [1.82, 2.24) is 5.32 Å². The van der Waals surface area contributed by atoms with E-state index in [2.05, 4.69) is 10.1 Å². The second-order valence-electron chi connectivity index (χ2n) is 4.81. The van der Waals surface area contributed by atoms with Gasteiger partial charge in [-0.25, -0.2) is 4.79 Å². The number of amides is 1. The van der Waals surface area contributed by atoms with Gasteiger partial charge in [-0.15, -0.1) is 0 Å². The molecule has 1 saturated carbocycles. The Hall–Kier alpha value is -2.15. The maximum Gasteiger partial charge on any atom is 0.407 e. The second-order valence-corrected chi connectivity index (χ2v) is 4.81. The standard InChI is InChI=1S/C13H16N2O5/c1-20-12(17)14-13(8-10(13)5-6-16)9-3-2-4-11(7-9)15(18)19/h2-4,7,10,16H,5-6,8H2,1H3,(H,14,17)/t10-,13-/m1/s1. The van der Waals surface area contributed by atoms with E-state index in [4.69, 9.17) is 5.11 Å². The molecule has 1 amide bonds. The van der Waals surface area contributed by atoms with Crippen molar-refractivity contribution < 1.29 is 19.6 Å². The van der Waals surface area contributed by atoms with Crippen molar-refractivity contribution in [2.45, 2.75) is 18.4 Å². The summed E-state index contributed by atoms with van der Waals surface area (Å²) >= 11 is 0. The van der Waals surface area contributed by atoms with Crippen LogP contribution in [0.25, 0.3) is 0 Å². The van der Waals surface area contributed by atoms with Gasteiger partial charge in [0.1, 0.15) is 0 Å². The van der Waals surface area contributed by atoms with Crippen molar-refractivity contribution in [1.29, 1.82) is 0 Å². The van der Waals surface area contributed by atoms with E-state index in [1.54, 1.807) is 12.1 Å². The summed E-state index contributed by atoms with van der Waals surface area (Å²) in [6.07, 6.45) is 0.563. The normalized spacial score (nSPS) is 24.0. The summed E-state index contributed by atoms with van der Waals surface area (Å²) in [7, 11) is 1.26. The fourth-order valence-corrected chi connectivity index (χ4v) is 2.54. The molecule has 1 aromatic carbocycles. The van der Waals surface area contributed by atoms with Gasteiger partial charge in [0, 0.05) is 18.7 Å². The third kappa shape index (κ3) is 2.57. The van der Waals surface area contributed by atoms with Crippen LogP contribution in [0.5, 0.6) is 0 Å². The number of alkyl carbamates (subject to hydrolysis) is 1. The fourth-order valence-electron chi connectivity index (χ4n) is 2.54. The number of nitro groups is 1. The molecular weight excluding hydrogens is 264 g/mol. The van der Waals surface area contributed by atoms with Crippen molar-refractivity contribution in [3.63, 3.8) is 0 Å². The van der Waals surface area contributed by atoms with Crippen LogP contribution in [0, 0.1) is 16.0 Å². The highest BCUT2D eigenvalue weighted by molar-refractivity contribution is 5.69. The average molecular weight is 280 g/mol. The zero-order valence-corrected chi connectivity index (χ0v) is 11.0. The summed E-state index contributed by atoms with van der Waals surface area (Å²) in [4.78, 5) is 21.8. The number of ether oxygens (including phenoxy) is 1. The van der Waals surface area contributed by atoms with Gasteiger partial charge in [0.2, 0.25) is 0 Å². The highest BCUT2D eigenvalue weighted by Gasteiger charge is 2.56. The van der Waals surface area contributed by atoms with Crippen LogP contribution in [-0.2, 0) is 10.3 Å². The highest BCUT2D eigenvalue weighted by Crippen LogP contribution is 2.54. The first-order chi connectivity index (χ1) is 9.53. The van der Waals surface area contributed by atoms with E-state index in [1.807, 2.05) is 0 Å². The van der Waals surface area contributed by atoms with Crippen LogP contribution in [0.4, 0.5) is 10.5 Å². The summed E-state index contributed by atoms with van der Waals surface area (Å²) in [5.41, 5.74) is -0.0410. The van der Waals surface area contributed by atoms with E-state index in [-0.39, 0.29) is 18.2 Å². The first-order valence-corrected chi connectivity index (χ1v) is 6.25. The van der Waals surface area contributed by atoms with Crippen molar-refractivity contribution in [2.24, 2.45) is 5.92 Å². The summed E-state index contributed by atoms with van der Waals surface area (Å²) in [5.74, 6) is 0.0496. The first-order valence-electron chi connectivity index (χ1n) is 6.25. The number of nitrogens with zero attached hydrogens (tertiary/aromatic N) is 1. The number of hydrogen-bond acceptors (Lipinski definition) is 5. The molecule has 2 rings (SSSR count). The average Bonchev–Trinajstić information content (AvgIpc) is 3.13. The van der Waals surface area contributed by atoms with Gasteiger partial charge >= 0.3 is 6.09 Å². The molecule has 0 radical (unpaired) electrons. The Bertz CT molecular complexity index is 533. The van der Waals surface area contributed by atoms with Gasteiger partial charge in [-0.3, -0.25) is 10.1 Å². The lowest BCUT2D eigenvalue weighted by molar-refractivity contribution is -0.385. The molecule has 0 aliphatic heterocycles. The zero-order valence-electron chi connectivity index (χ0n) is 11.0. The number of carbonyl (C=O) groups is 1. The zero-order chi connectivity index (χ0) is 14.8. The van der Waals surface area contributed by atoms with E-state index in [1.165, 1.54) is 19.2 Å². The lowest BCUT2D eigenvalue weighted by atomic mass is 10.0. The number of carbonyl (C=O) groups excluding carboxylic acids is 1. The van der Waals surface area contributed by atoms with Crippen LogP contribution in [0.1, 0.15) is 18.4 Å². The smallest absolute Gasteiger partial charge is 0.407 e. The molecule has 0 unspecified atom stereocenters. The van der Waals surface area contributed by atoms with Gasteiger partial charge in [-0.05, 0) is 24.3 Å². The fraction of sp³-hybridized carbons (Fsp3) is 0.462. The Morgan fingerprint density at radius 1 is 1.65 bits per heavy atom. The molecule has 0 saturated heterocycles. The van der Waals surface area contributed by atoms with Crippen molar-refractivity contribution >= 4 is 11.8 Å². The molecular formula is C13H16N2O5. The Morgan fingerprint density at radius 2 is 2.40 bits per heavy atom. The molecule has 0 aromatic heterocycles. The van der Waals surface area contributed by atoms with Crippen LogP contribution in [-0.4, -0.2) is 29.8 Å². The Kier molecular flexibility index (Phi) is 3.89. The summed E-state index contributed by atoms with van der Waals surface area (Å²) < 4.78 is 4.61. The topological polar surface area (TPSA) is 102 Å². The summed E-state index contributed by atoms with van der Waals surface area (Å²) in [6, 6.07) is 6.18. The highest BCUT2D eigenvalue weighted by atomic mass is 16.6. The number of methoxy groups -OCH3 is 1. The van der Waals surface area contributed by atoms with Crippen LogP contribution in [0.3, 0.4) is 0 Å². The molecule has 20 heavy (non-hydrogen) atoms. The lowest BCUT2D eigenvalue weighted by Crippen LogP contribution is -2.36. The van der Waals surface area contributed by atoms with Gasteiger partial charge < -0.3 is 15.2 Å². The van der Waals surface area contributed by atoms with Crippen LogP contribution in [0.15, 0.2) is 24.3 Å². The van der Waals surface area contributed by atoms with E-state index in [0.717, 1.165) is 0 Å². The molecule has 1 aromatic rings. The van der Waals surface area contributed by atoms with Gasteiger partial charge in [-0.1, -0.05) is 12.1 Å². The number of hydrogen-bond donors (Lipinski definition) is 2. The third-order valence-electron chi connectivity index (χ3n) is 3.67. The molecule has 7 nitrogen and oxygen atoms in total. The van der Waals surface area contributed by atoms with E-state index < -0.39 is 16.6 Å². The predicted octanol–water partition coefficient (Wildman–Crippen LogP) is 1.55. The minimum absolute atomic E-state index is 0.00416. The molecule has 0 bridgehead atoms. The maximum atomic E-state index is 11.5. The van der Waals surface area contributed by atoms with Gasteiger partial charge in [0.15, 0.2) is 0 Å². The second kappa shape index (κ2) is 5.46. The van der Waals surface area contributed by atoms with Crippen molar-refractivity contribution in [2.75, 3.05) is 13.7 Å². The van der Waals surface area contributed by atoms with Crippen molar-refractivity contribution in [3.8, 4) is 0 Å². The monoisotopic (exact) mass is 280 g/mol. The van der Waals surface area contributed by atoms with E-state index >= 15 is 0 Å². The SMILES string of the molecule is COC(=O)N[C@@]1(c2cccc([N+](=O)[O-])c2)C[C@H]1CCO. The van der Waals surface area contributed by atoms with Gasteiger partial charge in [0.25, 0.3) is 5.69 Å². The number of non-ortho nitro benzene ring substituents is 1. The van der Waals surface area contributed by atoms with Gasteiger partial charge in [-0.2, -0.15) is 0 Å². The number of nitro benzene ring substituents is 1. The molecule has 2 atom stereocenters. The molecule has 0 spiro atoms. The Labute approximate surface area is 115 Å².